The highest BCUT2D eigenvalue weighted by Crippen LogP contribution is 2.30. The van der Waals surface area contributed by atoms with Gasteiger partial charge in [0.1, 0.15) is 11.5 Å². The monoisotopic (exact) mass is 299 g/mol. The molecule has 2 atom stereocenters. The molecular weight excluding hydrogens is 278 g/mol. The summed E-state index contributed by atoms with van der Waals surface area (Å²) in [6.07, 6.45) is 0.666. The van der Waals surface area contributed by atoms with E-state index in [9.17, 15) is 8.42 Å². The third-order valence-electron chi connectivity index (χ3n) is 3.62. The van der Waals surface area contributed by atoms with Gasteiger partial charge in [0.25, 0.3) is 0 Å². The molecule has 0 amide bonds. The molecule has 1 aromatic carbocycles. The molecule has 112 valence electrons. The molecule has 0 spiro atoms. The van der Waals surface area contributed by atoms with Gasteiger partial charge in [-0.15, -0.1) is 0 Å². The van der Waals surface area contributed by atoms with Gasteiger partial charge in [0.05, 0.1) is 25.7 Å². The Hall–Kier alpha value is -1.27. The van der Waals surface area contributed by atoms with Crippen molar-refractivity contribution in [3.63, 3.8) is 0 Å². The Bertz CT molecular complexity index is 571. The molecule has 1 aliphatic rings. The van der Waals surface area contributed by atoms with Crippen LogP contribution in [0.2, 0.25) is 0 Å². The normalized spacial score (nSPS) is 22.4. The maximum Gasteiger partial charge on any atom is 0.151 e. The number of ether oxygens (including phenoxy) is 2. The first kappa shape index (κ1) is 15.1. The second kappa shape index (κ2) is 6.01. The smallest absolute Gasteiger partial charge is 0.151 e. The molecule has 0 saturated carbocycles. The minimum Gasteiger partial charge on any atom is -0.497 e. The molecule has 6 heteroatoms. The Kier molecular flexibility index (Phi) is 4.55. The summed E-state index contributed by atoms with van der Waals surface area (Å²) in [5.74, 6) is 2.01. The van der Waals surface area contributed by atoms with Gasteiger partial charge in [0.2, 0.25) is 0 Å². The summed E-state index contributed by atoms with van der Waals surface area (Å²) in [5.41, 5.74) is 0.969. The first-order chi connectivity index (χ1) is 9.45. The molecule has 1 fully saturated rings. The van der Waals surface area contributed by atoms with Crippen LogP contribution in [0.3, 0.4) is 0 Å². The van der Waals surface area contributed by atoms with E-state index in [1.54, 1.807) is 14.2 Å². The van der Waals surface area contributed by atoms with Crippen molar-refractivity contribution in [1.29, 1.82) is 0 Å². The van der Waals surface area contributed by atoms with E-state index in [4.69, 9.17) is 9.47 Å². The van der Waals surface area contributed by atoms with Crippen molar-refractivity contribution < 1.29 is 17.9 Å². The maximum atomic E-state index is 11.5. The fourth-order valence-corrected chi connectivity index (χ4v) is 4.23. The summed E-state index contributed by atoms with van der Waals surface area (Å²) >= 11 is 0. The highest BCUT2D eigenvalue weighted by Gasteiger charge is 2.29. The lowest BCUT2D eigenvalue weighted by Crippen LogP contribution is -2.32. The summed E-state index contributed by atoms with van der Waals surface area (Å²) in [7, 11) is 0.371. The zero-order valence-corrected chi connectivity index (χ0v) is 12.9. The number of rotatable bonds is 5. The lowest BCUT2D eigenvalue weighted by atomic mass is 10.1. The van der Waals surface area contributed by atoms with Gasteiger partial charge in [0.15, 0.2) is 9.84 Å². The lowest BCUT2D eigenvalue weighted by Gasteiger charge is -2.21. The van der Waals surface area contributed by atoms with Gasteiger partial charge < -0.3 is 14.8 Å². The van der Waals surface area contributed by atoms with Crippen molar-refractivity contribution in [1.82, 2.24) is 5.32 Å². The van der Waals surface area contributed by atoms with Gasteiger partial charge in [-0.1, -0.05) is 0 Å². The summed E-state index contributed by atoms with van der Waals surface area (Å²) in [5, 5.41) is 3.36. The Morgan fingerprint density at radius 3 is 2.60 bits per heavy atom. The van der Waals surface area contributed by atoms with E-state index in [0.29, 0.717) is 6.42 Å². The summed E-state index contributed by atoms with van der Waals surface area (Å²) in [6, 6.07) is 5.62. The SMILES string of the molecule is COc1ccc(OC)c(C(C)NC2CCS(=O)(=O)C2)c1. The van der Waals surface area contributed by atoms with E-state index in [2.05, 4.69) is 5.32 Å². The molecule has 0 radical (unpaired) electrons. The lowest BCUT2D eigenvalue weighted by molar-refractivity contribution is 0.387. The largest absolute Gasteiger partial charge is 0.497 e. The summed E-state index contributed by atoms with van der Waals surface area (Å²) < 4.78 is 33.6. The van der Waals surface area contributed by atoms with Gasteiger partial charge in [-0.25, -0.2) is 8.42 Å². The number of methoxy groups -OCH3 is 2. The van der Waals surface area contributed by atoms with Crippen LogP contribution in [0, 0.1) is 0 Å². The first-order valence-corrected chi connectivity index (χ1v) is 8.45. The van der Waals surface area contributed by atoms with E-state index >= 15 is 0 Å². The predicted octanol–water partition coefficient (Wildman–Crippen LogP) is 1.54. The van der Waals surface area contributed by atoms with E-state index < -0.39 is 9.84 Å². The quantitative estimate of drug-likeness (QED) is 0.893. The zero-order valence-electron chi connectivity index (χ0n) is 12.0. The highest BCUT2D eigenvalue weighted by molar-refractivity contribution is 7.91. The Balaban J connectivity index is 2.14. The van der Waals surface area contributed by atoms with Crippen LogP contribution in [0.15, 0.2) is 18.2 Å². The van der Waals surface area contributed by atoms with Gasteiger partial charge in [-0.3, -0.25) is 0 Å². The predicted molar refractivity (Wildman–Crippen MR) is 78.2 cm³/mol. The Morgan fingerprint density at radius 2 is 2.05 bits per heavy atom. The van der Waals surface area contributed by atoms with E-state index in [1.807, 2.05) is 25.1 Å². The minimum atomic E-state index is -2.87. The number of hydrogen-bond acceptors (Lipinski definition) is 5. The molecule has 1 N–H and O–H groups in total. The number of benzene rings is 1. The van der Waals surface area contributed by atoms with Crippen LogP contribution in [-0.2, 0) is 9.84 Å². The average Bonchev–Trinajstić information content (AvgIpc) is 2.77. The summed E-state index contributed by atoms with van der Waals surface area (Å²) in [4.78, 5) is 0. The molecule has 1 aromatic rings. The van der Waals surface area contributed by atoms with E-state index in [0.717, 1.165) is 17.1 Å². The second-order valence-electron chi connectivity index (χ2n) is 5.10. The van der Waals surface area contributed by atoms with Crippen LogP contribution in [0.1, 0.15) is 24.9 Å². The molecule has 1 heterocycles. The van der Waals surface area contributed by atoms with Crippen LogP contribution < -0.4 is 14.8 Å². The van der Waals surface area contributed by atoms with Gasteiger partial charge in [-0.05, 0) is 31.5 Å². The Morgan fingerprint density at radius 1 is 1.30 bits per heavy atom. The van der Waals surface area contributed by atoms with Crippen molar-refractivity contribution in [2.24, 2.45) is 0 Å². The van der Waals surface area contributed by atoms with Crippen LogP contribution in [0.5, 0.6) is 11.5 Å². The molecule has 0 bridgehead atoms. The van der Waals surface area contributed by atoms with Crippen LogP contribution in [-0.4, -0.2) is 40.2 Å². The highest BCUT2D eigenvalue weighted by atomic mass is 32.2. The molecule has 5 nitrogen and oxygen atoms in total. The Labute approximate surface area is 120 Å². The van der Waals surface area contributed by atoms with Gasteiger partial charge in [0, 0.05) is 17.6 Å². The molecule has 2 unspecified atom stereocenters. The van der Waals surface area contributed by atoms with Crippen molar-refractivity contribution in [3.8, 4) is 11.5 Å². The minimum absolute atomic E-state index is 0.00153. The van der Waals surface area contributed by atoms with E-state index in [-0.39, 0.29) is 23.6 Å². The van der Waals surface area contributed by atoms with Crippen molar-refractivity contribution >= 4 is 9.84 Å². The number of nitrogens with one attached hydrogen (secondary N) is 1. The van der Waals surface area contributed by atoms with Crippen molar-refractivity contribution in [3.05, 3.63) is 23.8 Å². The maximum absolute atomic E-state index is 11.5. The second-order valence-corrected chi connectivity index (χ2v) is 7.32. The fraction of sp³-hybridized carbons (Fsp3) is 0.571. The molecule has 0 aromatic heterocycles. The zero-order chi connectivity index (χ0) is 14.8. The van der Waals surface area contributed by atoms with Gasteiger partial charge in [-0.2, -0.15) is 0 Å². The third-order valence-corrected chi connectivity index (χ3v) is 5.39. The number of hydrogen-bond donors (Lipinski definition) is 1. The van der Waals surface area contributed by atoms with Crippen molar-refractivity contribution in [2.45, 2.75) is 25.4 Å². The number of sulfone groups is 1. The third kappa shape index (κ3) is 3.43. The topological polar surface area (TPSA) is 64.6 Å². The first-order valence-electron chi connectivity index (χ1n) is 6.63. The van der Waals surface area contributed by atoms with Crippen molar-refractivity contribution in [2.75, 3.05) is 25.7 Å². The molecule has 1 aliphatic heterocycles. The molecule has 20 heavy (non-hydrogen) atoms. The summed E-state index contributed by atoms with van der Waals surface area (Å²) in [6.45, 7) is 2.00. The molecule has 1 saturated heterocycles. The molecular formula is C14H21NO4S. The molecule has 2 rings (SSSR count). The molecule has 0 aliphatic carbocycles. The standard InChI is InChI=1S/C14H21NO4S/c1-10(15-11-6-7-20(16,17)9-11)13-8-12(18-2)4-5-14(13)19-3/h4-5,8,10-11,15H,6-7,9H2,1-3H3. The van der Waals surface area contributed by atoms with E-state index in [1.165, 1.54) is 0 Å². The fourth-order valence-electron chi connectivity index (χ4n) is 2.55. The van der Waals surface area contributed by atoms with Crippen LogP contribution in [0.25, 0.3) is 0 Å². The van der Waals surface area contributed by atoms with Gasteiger partial charge >= 0.3 is 0 Å². The van der Waals surface area contributed by atoms with Crippen LogP contribution >= 0.6 is 0 Å². The van der Waals surface area contributed by atoms with Crippen LogP contribution in [0.4, 0.5) is 0 Å². The average molecular weight is 299 g/mol.